The van der Waals surface area contributed by atoms with E-state index in [2.05, 4.69) is 19.9 Å². The number of carboxylic acids is 1. The third kappa shape index (κ3) is 6.31. The molecule has 0 spiro atoms. The molecule has 0 aromatic heterocycles. The molecule has 2 heteroatoms. The highest BCUT2D eigenvalue weighted by Crippen LogP contribution is 2.43. The van der Waals surface area contributed by atoms with Gasteiger partial charge in [0, 0.05) is 5.57 Å². The van der Waals surface area contributed by atoms with Gasteiger partial charge in [0.1, 0.15) is 0 Å². The number of allylic oxidation sites excluding steroid dienone is 3. The van der Waals surface area contributed by atoms with Crippen molar-refractivity contribution in [3.8, 4) is 0 Å². The fourth-order valence-electron chi connectivity index (χ4n) is 5.07. The van der Waals surface area contributed by atoms with E-state index in [0.717, 1.165) is 43.4 Å². The Balaban J connectivity index is 1.82. The summed E-state index contributed by atoms with van der Waals surface area (Å²) in [6.45, 7) is 4.45. The average Bonchev–Trinajstić information content (AvgIpc) is 2.63. The molecule has 142 valence electrons. The molecule has 25 heavy (non-hydrogen) atoms. The van der Waals surface area contributed by atoms with Crippen molar-refractivity contribution in [3.05, 3.63) is 23.8 Å². The molecule has 0 aliphatic heterocycles. The van der Waals surface area contributed by atoms with Crippen LogP contribution in [0.1, 0.15) is 90.9 Å². The first-order valence-corrected chi connectivity index (χ1v) is 10.8. The van der Waals surface area contributed by atoms with Gasteiger partial charge >= 0.3 is 5.97 Å². The molecule has 0 heterocycles. The molecular formula is C23H38O2. The predicted molar refractivity (Wildman–Crippen MR) is 106 cm³/mol. The van der Waals surface area contributed by atoms with Crippen molar-refractivity contribution in [2.24, 2.45) is 23.7 Å². The molecule has 2 nitrogen and oxygen atoms in total. The molecule has 0 bridgehead atoms. The second-order valence-corrected chi connectivity index (χ2v) is 8.33. The second-order valence-electron chi connectivity index (χ2n) is 8.33. The molecule has 2 fully saturated rings. The van der Waals surface area contributed by atoms with Crippen LogP contribution in [0.15, 0.2) is 23.8 Å². The molecular weight excluding hydrogens is 308 g/mol. The largest absolute Gasteiger partial charge is 0.478 e. The highest BCUT2D eigenvalue weighted by atomic mass is 16.4. The molecule has 0 radical (unpaired) electrons. The Morgan fingerprint density at radius 3 is 2.04 bits per heavy atom. The lowest BCUT2D eigenvalue weighted by atomic mass is 9.68. The molecule has 0 aromatic carbocycles. The quantitative estimate of drug-likeness (QED) is 0.389. The van der Waals surface area contributed by atoms with Crippen LogP contribution >= 0.6 is 0 Å². The van der Waals surface area contributed by atoms with E-state index in [1.54, 1.807) is 0 Å². The Kier molecular flexibility index (Phi) is 8.78. The van der Waals surface area contributed by atoms with Gasteiger partial charge in [-0.05, 0) is 68.6 Å². The van der Waals surface area contributed by atoms with Gasteiger partial charge in [0.15, 0.2) is 0 Å². The maximum Gasteiger partial charge on any atom is 0.331 e. The number of unbranched alkanes of at least 4 members (excludes halogenated alkanes) is 1. The van der Waals surface area contributed by atoms with E-state index in [-0.39, 0.29) is 5.92 Å². The molecule has 0 saturated heterocycles. The van der Waals surface area contributed by atoms with Crippen LogP contribution in [-0.2, 0) is 4.79 Å². The van der Waals surface area contributed by atoms with Gasteiger partial charge < -0.3 is 5.11 Å². The summed E-state index contributed by atoms with van der Waals surface area (Å²) in [6, 6.07) is 0. The van der Waals surface area contributed by atoms with Crippen molar-refractivity contribution in [3.63, 3.8) is 0 Å². The van der Waals surface area contributed by atoms with Crippen molar-refractivity contribution in [1.82, 2.24) is 0 Å². The zero-order valence-corrected chi connectivity index (χ0v) is 16.4. The van der Waals surface area contributed by atoms with Crippen molar-refractivity contribution in [2.75, 3.05) is 0 Å². The number of hydrogen-bond donors (Lipinski definition) is 1. The smallest absolute Gasteiger partial charge is 0.331 e. The molecule has 2 aliphatic carbocycles. The van der Waals surface area contributed by atoms with E-state index in [9.17, 15) is 9.90 Å². The first-order chi connectivity index (χ1) is 12.2. The van der Waals surface area contributed by atoms with Crippen LogP contribution in [0.2, 0.25) is 0 Å². The normalized spacial score (nSPS) is 31.4. The Labute approximate surface area is 154 Å². The van der Waals surface area contributed by atoms with E-state index in [1.807, 2.05) is 12.2 Å². The second kappa shape index (κ2) is 10.8. The summed E-state index contributed by atoms with van der Waals surface area (Å²) in [6.07, 6.45) is 21.1. The molecule has 0 unspecified atom stereocenters. The molecule has 0 amide bonds. The summed E-state index contributed by atoms with van der Waals surface area (Å²) in [7, 11) is 0. The summed E-state index contributed by atoms with van der Waals surface area (Å²) >= 11 is 0. The van der Waals surface area contributed by atoms with Crippen LogP contribution in [0.4, 0.5) is 0 Å². The van der Waals surface area contributed by atoms with Gasteiger partial charge in [0.25, 0.3) is 0 Å². The molecule has 2 rings (SSSR count). The van der Waals surface area contributed by atoms with Gasteiger partial charge in [-0.15, -0.1) is 0 Å². The third-order valence-corrected chi connectivity index (χ3v) is 6.58. The van der Waals surface area contributed by atoms with E-state index < -0.39 is 5.97 Å². The summed E-state index contributed by atoms with van der Waals surface area (Å²) in [5, 5.41) is 9.57. The topological polar surface area (TPSA) is 37.3 Å². The van der Waals surface area contributed by atoms with Crippen LogP contribution in [0.25, 0.3) is 0 Å². The maximum absolute atomic E-state index is 11.6. The van der Waals surface area contributed by atoms with Gasteiger partial charge in [-0.1, -0.05) is 64.2 Å². The highest BCUT2D eigenvalue weighted by molar-refractivity contribution is 5.87. The zero-order valence-electron chi connectivity index (χ0n) is 16.4. The standard InChI is InChI=1S/C23H38O2/c1-3-5-6-7-9-22(23(24)25)21-16-14-20(15-17-21)19-12-10-18(8-4-2)11-13-19/h6-7,9,18-21H,3-5,8,10-17H2,1-2H3,(H,24,25). The van der Waals surface area contributed by atoms with E-state index in [1.165, 1.54) is 51.4 Å². The number of hydrogen-bond acceptors (Lipinski definition) is 1. The van der Waals surface area contributed by atoms with Crippen LogP contribution in [-0.4, -0.2) is 11.1 Å². The first-order valence-electron chi connectivity index (χ1n) is 10.8. The monoisotopic (exact) mass is 346 g/mol. The van der Waals surface area contributed by atoms with Crippen LogP contribution in [0.5, 0.6) is 0 Å². The number of rotatable bonds is 8. The van der Waals surface area contributed by atoms with Gasteiger partial charge in [0.05, 0.1) is 0 Å². The van der Waals surface area contributed by atoms with Crippen molar-refractivity contribution >= 4 is 5.97 Å². The van der Waals surface area contributed by atoms with E-state index >= 15 is 0 Å². The first kappa shape index (κ1) is 20.3. The van der Waals surface area contributed by atoms with Crippen molar-refractivity contribution < 1.29 is 9.90 Å². The fraction of sp³-hybridized carbons (Fsp3) is 0.783. The summed E-state index contributed by atoms with van der Waals surface area (Å²) in [4.78, 5) is 11.6. The van der Waals surface area contributed by atoms with E-state index in [4.69, 9.17) is 0 Å². The summed E-state index contributed by atoms with van der Waals surface area (Å²) < 4.78 is 0. The maximum atomic E-state index is 11.6. The van der Waals surface area contributed by atoms with E-state index in [0.29, 0.717) is 5.57 Å². The lowest BCUT2D eigenvalue weighted by Gasteiger charge is -2.38. The van der Waals surface area contributed by atoms with Crippen molar-refractivity contribution in [1.29, 1.82) is 0 Å². The molecule has 0 aromatic rings. The zero-order chi connectivity index (χ0) is 18.1. The predicted octanol–water partition coefficient (Wildman–Crippen LogP) is 6.77. The molecule has 1 N–H and O–H groups in total. The fourth-order valence-corrected chi connectivity index (χ4v) is 5.07. The Bertz CT molecular complexity index is 447. The Morgan fingerprint density at radius 2 is 1.52 bits per heavy atom. The summed E-state index contributed by atoms with van der Waals surface area (Å²) in [5.74, 6) is 2.29. The van der Waals surface area contributed by atoms with Gasteiger partial charge in [-0.3, -0.25) is 0 Å². The van der Waals surface area contributed by atoms with Gasteiger partial charge in [-0.2, -0.15) is 0 Å². The van der Waals surface area contributed by atoms with Gasteiger partial charge in [0.2, 0.25) is 0 Å². The van der Waals surface area contributed by atoms with Crippen molar-refractivity contribution in [2.45, 2.75) is 90.9 Å². The van der Waals surface area contributed by atoms with Crippen LogP contribution < -0.4 is 0 Å². The number of carbonyl (C=O) groups is 1. The Morgan fingerprint density at radius 1 is 0.920 bits per heavy atom. The average molecular weight is 347 g/mol. The lowest BCUT2D eigenvalue weighted by Crippen LogP contribution is -2.27. The molecule has 0 atom stereocenters. The Hall–Kier alpha value is -1.05. The minimum absolute atomic E-state index is 0.261. The number of aliphatic carboxylic acids is 1. The van der Waals surface area contributed by atoms with Gasteiger partial charge in [-0.25, -0.2) is 4.79 Å². The minimum atomic E-state index is -0.718. The SMILES string of the molecule is CCCC=CC=C(C(=O)O)C1CCC(C2CCC(CCC)CC2)CC1. The molecule has 2 saturated carbocycles. The third-order valence-electron chi connectivity index (χ3n) is 6.58. The molecule has 2 aliphatic rings. The lowest BCUT2D eigenvalue weighted by molar-refractivity contribution is -0.133. The highest BCUT2D eigenvalue weighted by Gasteiger charge is 2.32. The minimum Gasteiger partial charge on any atom is -0.478 e. The summed E-state index contributed by atoms with van der Waals surface area (Å²) in [5.41, 5.74) is 0.637. The van der Waals surface area contributed by atoms with Crippen LogP contribution in [0.3, 0.4) is 0 Å². The number of carboxylic acid groups (broad SMARTS) is 1. The van der Waals surface area contributed by atoms with Crippen LogP contribution in [0, 0.1) is 23.7 Å².